The van der Waals surface area contributed by atoms with Crippen LogP contribution in [0.15, 0.2) is 60.8 Å². The zero-order valence-corrected chi connectivity index (χ0v) is 17.9. The summed E-state index contributed by atoms with van der Waals surface area (Å²) in [6, 6.07) is 18.9. The number of fused-ring (bicyclic) bond motifs is 1. The van der Waals surface area contributed by atoms with E-state index in [1.54, 1.807) is 0 Å². The first-order chi connectivity index (χ1) is 14.7. The summed E-state index contributed by atoms with van der Waals surface area (Å²) < 4.78 is 0. The summed E-state index contributed by atoms with van der Waals surface area (Å²) in [5.74, 6) is 0.958. The highest BCUT2D eigenvalue weighted by Gasteiger charge is 2.20. The highest BCUT2D eigenvalue weighted by atomic mass is 35.5. The maximum absolute atomic E-state index is 5.99. The fourth-order valence-electron chi connectivity index (χ4n) is 4.34. The van der Waals surface area contributed by atoms with Gasteiger partial charge in [-0.05, 0) is 48.7 Å². The number of hydrogen-bond donors (Lipinski definition) is 1. The van der Waals surface area contributed by atoms with Crippen LogP contribution in [0.2, 0.25) is 5.02 Å². The highest BCUT2D eigenvalue weighted by Crippen LogP contribution is 2.29. The van der Waals surface area contributed by atoms with Crippen molar-refractivity contribution in [2.75, 3.05) is 11.9 Å². The highest BCUT2D eigenvalue weighted by molar-refractivity contribution is 6.30. The van der Waals surface area contributed by atoms with Gasteiger partial charge in [0.1, 0.15) is 0 Å². The number of nitrogens with one attached hydrogen (secondary N) is 1. The standard InChI is InChI=1S/C25H25ClN4/c1-30(21-5-3-2-4-6-21)25-28-23-14-9-18(15-24(23)29-25)22-13-10-19(16-27-22)17-7-11-20(26)12-8-17/h7-16,21H,2-6H2,1H3,(H,28,29). The number of aromatic amines is 1. The fraction of sp³-hybridized carbons (Fsp3) is 0.280. The van der Waals surface area contributed by atoms with Crippen LogP contribution in [-0.2, 0) is 0 Å². The van der Waals surface area contributed by atoms with Gasteiger partial charge in [-0.2, -0.15) is 0 Å². The third-order valence-corrected chi connectivity index (χ3v) is 6.41. The third-order valence-electron chi connectivity index (χ3n) is 6.16. The van der Waals surface area contributed by atoms with Crippen molar-refractivity contribution >= 4 is 28.6 Å². The second-order valence-corrected chi connectivity index (χ2v) is 8.57. The molecule has 0 aliphatic heterocycles. The van der Waals surface area contributed by atoms with Crippen molar-refractivity contribution in [3.8, 4) is 22.4 Å². The lowest BCUT2D eigenvalue weighted by molar-refractivity contribution is 0.425. The molecule has 1 aliphatic carbocycles. The van der Waals surface area contributed by atoms with E-state index < -0.39 is 0 Å². The number of H-pyrrole nitrogens is 1. The topological polar surface area (TPSA) is 44.8 Å². The van der Waals surface area contributed by atoms with Crippen molar-refractivity contribution in [3.63, 3.8) is 0 Å². The van der Waals surface area contributed by atoms with Gasteiger partial charge in [0.25, 0.3) is 0 Å². The molecule has 0 atom stereocenters. The Balaban J connectivity index is 1.40. The normalized spacial score (nSPS) is 14.9. The zero-order chi connectivity index (χ0) is 20.5. The molecule has 2 aromatic carbocycles. The minimum Gasteiger partial charge on any atom is -0.342 e. The van der Waals surface area contributed by atoms with Crippen LogP contribution in [0.3, 0.4) is 0 Å². The molecule has 1 N–H and O–H groups in total. The summed E-state index contributed by atoms with van der Waals surface area (Å²) in [5.41, 5.74) is 6.27. The van der Waals surface area contributed by atoms with Gasteiger partial charge >= 0.3 is 0 Å². The molecular weight excluding hydrogens is 392 g/mol. The zero-order valence-electron chi connectivity index (χ0n) is 17.1. The monoisotopic (exact) mass is 416 g/mol. The van der Waals surface area contributed by atoms with Gasteiger partial charge in [0.05, 0.1) is 16.7 Å². The van der Waals surface area contributed by atoms with Crippen molar-refractivity contribution in [2.45, 2.75) is 38.1 Å². The van der Waals surface area contributed by atoms with E-state index in [0.29, 0.717) is 6.04 Å². The molecular formula is C25H25ClN4. The van der Waals surface area contributed by atoms with Crippen LogP contribution in [0.4, 0.5) is 5.95 Å². The van der Waals surface area contributed by atoms with Crippen molar-refractivity contribution < 1.29 is 0 Å². The summed E-state index contributed by atoms with van der Waals surface area (Å²) in [7, 11) is 2.16. The third kappa shape index (κ3) is 3.80. The van der Waals surface area contributed by atoms with Gasteiger partial charge in [-0.15, -0.1) is 0 Å². The molecule has 5 rings (SSSR count). The molecule has 0 radical (unpaired) electrons. The first kappa shape index (κ1) is 19.1. The molecule has 0 unspecified atom stereocenters. The number of hydrogen-bond acceptors (Lipinski definition) is 3. The van der Waals surface area contributed by atoms with E-state index in [0.717, 1.165) is 44.4 Å². The van der Waals surface area contributed by atoms with E-state index in [2.05, 4.69) is 47.3 Å². The van der Waals surface area contributed by atoms with Gasteiger partial charge in [0.2, 0.25) is 5.95 Å². The van der Waals surface area contributed by atoms with Crippen LogP contribution in [0.1, 0.15) is 32.1 Å². The largest absolute Gasteiger partial charge is 0.342 e. The molecule has 4 nitrogen and oxygen atoms in total. The molecule has 4 aromatic rings. The summed E-state index contributed by atoms with van der Waals surface area (Å²) >= 11 is 5.99. The van der Waals surface area contributed by atoms with Gasteiger partial charge in [0.15, 0.2) is 0 Å². The van der Waals surface area contributed by atoms with Gasteiger partial charge in [-0.1, -0.05) is 55.1 Å². The van der Waals surface area contributed by atoms with Gasteiger partial charge in [-0.3, -0.25) is 4.98 Å². The molecule has 0 saturated heterocycles. The SMILES string of the molecule is CN(c1nc2ccc(-c3ccc(-c4ccc(Cl)cc4)cn3)cc2[nH]1)C1CCCCC1. The Kier molecular flexibility index (Phi) is 5.17. The Morgan fingerprint density at radius 2 is 1.63 bits per heavy atom. The van der Waals surface area contributed by atoms with Crippen molar-refractivity contribution in [2.24, 2.45) is 0 Å². The number of pyridine rings is 1. The predicted molar refractivity (Wildman–Crippen MR) is 125 cm³/mol. The average Bonchev–Trinajstić information content (AvgIpc) is 3.23. The van der Waals surface area contributed by atoms with Crippen LogP contribution in [0, 0.1) is 0 Å². The molecule has 30 heavy (non-hydrogen) atoms. The first-order valence-corrected chi connectivity index (χ1v) is 11.0. The molecule has 5 heteroatoms. The Hall–Kier alpha value is -2.85. The Morgan fingerprint density at radius 1 is 0.900 bits per heavy atom. The predicted octanol–water partition coefficient (Wildman–Crippen LogP) is 6.71. The van der Waals surface area contributed by atoms with E-state index in [-0.39, 0.29) is 0 Å². The number of benzene rings is 2. The van der Waals surface area contributed by atoms with Crippen LogP contribution in [0.5, 0.6) is 0 Å². The van der Waals surface area contributed by atoms with E-state index in [1.165, 1.54) is 32.1 Å². The van der Waals surface area contributed by atoms with E-state index in [4.69, 9.17) is 21.6 Å². The smallest absolute Gasteiger partial charge is 0.203 e. The molecule has 0 bridgehead atoms. The second kappa shape index (κ2) is 8.11. The molecule has 2 heterocycles. The molecule has 0 amide bonds. The number of aromatic nitrogens is 3. The van der Waals surface area contributed by atoms with Crippen LogP contribution in [0.25, 0.3) is 33.4 Å². The number of halogens is 1. The van der Waals surface area contributed by atoms with Crippen LogP contribution in [-0.4, -0.2) is 28.0 Å². The van der Waals surface area contributed by atoms with Gasteiger partial charge in [0, 0.05) is 35.4 Å². The van der Waals surface area contributed by atoms with Gasteiger partial charge in [-0.25, -0.2) is 4.98 Å². The van der Waals surface area contributed by atoms with E-state index >= 15 is 0 Å². The quantitative estimate of drug-likeness (QED) is 0.402. The second-order valence-electron chi connectivity index (χ2n) is 8.13. The first-order valence-electron chi connectivity index (χ1n) is 10.6. The van der Waals surface area contributed by atoms with Gasteiger partial charge < -0.3 is 9.88 Å². The summed E-state index contributed by atoms with van der Waals surface area (Å²) in [6.07, 6.45) is 8.41. The molecule has 2 aromatic heterocycles. The van der Waals surface area contributed by atoms with E-state index in [1.807, 2.05) is 30.5 Å². The minimum absolute atomic E-state index is 0.584. The maximum Gasteiger partial charge on any atom is 0.203 e. The summed E-state index contributed by atoms with van der Waals surface area (Å²) in [5, 5.41) is 0.740. The average molecular weight is 417 g/mol. The summed E-state index contributed by atoms with van der Waals surface area (Å²) in [4.78, 5) is 15.4. The van der Waals surface area contributed by atoms with Crippen LogP contribution >= 0.6 is 11.6 Å². The molecule has 1 aliphatic rings. The lowest BCUT2D eigenvalue weighted by atomic mass is 9.95. The number of rotatable bonds is 4. The molecule has 0 spiro atoms. The van der Waals surface area contributed by atoms with Crippen molar-refractivity contribution in [3.05, 3.63) is 65.8 Å². The molecule has 1 fully saturated rings. The Bertz CT molecular complexity index is 1140. The lowest BCUT2D eigenvalue weighted by Gasteiger charge is -2.30. The Morgan fingerprint density at radius 3 is 2.37 bits per heavy atom. The number of nitrogens with zero attached hydrogens (tertiary/aromatic N) is 3. The molecule has 152 valence electrons. The number of anilines is 1. The maximum atomic E-state index is 5.99. The Labute approximate surface area is 181 Å². The summed E-state index contributed by atoms with van der Waals surface area (Å²) in [6.45, 7) is 0. The minimum atomic E-state index is 0.584. The fourth-order valence-corrected chi connectivity index (χ4v) is 4.47. The van der Waals surface area contributed by atoms with Crippen molar-refractivity contribution in [1.82, 2.24) is 15.0 Å². The number of imidazole rings is 1. The van der Waals surface area contributed by atoms with Crippen LogP contribution < -0.4 is 4.90 Å². The van der Waals surface area contributed by atoms with Crippen molar-refractivity contribution in [1.29, 1.82) is 0 Å². The lowest BCUT2D eigenvalue weighted by Crippen LogP contribution is -2.33. The van der Waals surface area contributed by atoms with E-state index in [9.17, 15) is 0 Å². The molecule has 1 saturated carbocycles.